The van der Waals surface area contributed by atoms with E-state index in [4.69, 9.17) is 0 Å². The highest BCUT2D eigenvalue weighted by atomic mass is 79.9. The molecule has 0 aliphatic rings. The number of rotatable bonds is 4. The average Bonchev–Trinajstić information content (AvgIpc) is 2.40. The summed E-state index contributed by atoms with van der Waals surface area (Å²) in [5.41, 5.74) is 2.09. The van der Waals surface area contributed by atoms with E-state index in [1.54, 1.807) is 23.9 Å². The first kappa shape index (κ1) is 21.4. The van der Waals surface area contributed by atoms with Gasteiger partial charge in [-0.1, -0.05) is 6.92 Å². The van der Waals surface area contributed by atoms with E-state index < -0.39 is 13.4 Å². The van der Waals surface area contributed by atoms with Crippen LogP contribution in [0.2, 0.25) is 0 Å². The predicted molar refractivity (Wildman–Crippen MR) is 74.6 cm³/mol. The summed E-state index contributed by atoms with van der Waals surface area (Å²) in [5.74, 6) is -0.801. The number of nitrogens with zero attached hydrogens (tertiary/aromatic N) is 2. The first-order chi connectivity index (χ1) is 9.41. The average molecular weight is 454 g/mol. The van der Waals surface area contributed by atoms with Crippen LogP contribution in [0.1, 0.15) is 19.1 Å². The molecule has 122 valence electrons. The zero-order valence-corrected chi connectivity index (χ0v) is 16.4. The Hall–Kier alpha value is -0.590. The van der Waals surface area contributed by atoms with Crippen molar-refractivity contribution in [3.63, 3.8) is 0 Å². The van der Waals surface area contributed by atoms with Gasteiger partial charge in [-0.2, -0.15) is 4.57 Å². The molecule has 0 saturated carbocycles. The van der Waals surface area contributed by atoms with Crippen LogP contribution < -0.4 is 43.1 Å². The van der Waals surface area contributed by atoms with Crippen molar-refractivity contribution >= 4 is 7.60 Å². The highest BCUT2D eigenvalue weighted by molar-refractivity contribution is 7.51. The van der Waals surface area contributed by atoms with Gasteiger partial charge in [0.2, 0.25) is 0 Å². The van der Waals surface area contributed by atoms with Crippen LogP contribution in [0.5, 0.6) is 0 Å². The molecule has 0 amide bonds. The van der Waals surface area contributed by atoms with Gasteiger partial charge >= 0.3 is 7.60 Å². The molecule has 8 heteroatoms. The number of pyridine rings is 2. The Bertz CT molecular complexity index is 630. The molecule has 1 atom stereocenters. The molecule has 0 radical (unpaired) electrons. The summed E-state index contributed by atoms with van der Waals surface area (Å²) in [6.45, 7) is 1.77. The summed E-state index contributed by atoms with van der Waals surface area (Å²) in [7, 11) is -2.18. The minimum atomic E-state index is -4.13. The van der Waals surface area contributed by atoms with Crippen LogP contribution in [-0.4, -0.2) is 9.79 Å². The van der Waals surface area contributed by atoms with Gasteiger partial charge in [-0.3, -0.25) is 4.57 Å². The molecule has 5 nitrogen and oxygen atoms in total. The Labute approximate surface area is 151 Å². The number of aryl methyl sites for hydroxylation is 1. The molecular formula is C14H19Br2N2O3P. The van der Waals surface area contributed by atoms with Crippen LogP contribution >= 0.6 is 7.60 Å². The standard InChI is InChI=1S/C14H17N2O3P.2BrH/c1-3-14(20(17,18)19)16-10-6-13(7-11-16)12-4-8-15(2)9-5-12;;/h4-11,14H,3H2,1-2H3;2*1H. The molecule has 22 heavy (non-hydrogen) atoms. The van der Waals surface area contributed by atoms with Crippen molar-refractivity contribution in [1.29, 1.82) is 0 Å². The second-order valence-corrected chi connectivity index (χ2v) is 6.54. The Morgan fingerprint density at radius 2 is 1.41 bits per heavy atom. The van der Waals surface area contributed by atoms with Crippen molar-refractivity contribution < 1.29 is 57.4 Å². The first-order valence-electron chi connectivity index (χ1n) is 6.43. The lowest BCUT2D eigenvalue weighted by Crippen LogP contribution is -3.00. The molecule has 2 heterocycles. The molecular weight excluding hydrogens is 435 g/mol. The highest BCUT2D eigenvalue weighted by Gasteiger charge is 2.35. The smallest absolute Gasteiger partial charge is 0.393 e. The zero-order chi connectivity index (χ0) is 14.8. The quantitative estimate of drug-likeness (QED) is 0.363. The summed E-state index contributed by atoms with van der Waals surface area (Å²) >= 11 is 0. The molecule has 1 unspecified atom stereocenters. The van der Waals surface area contributed by atoms with E-state index >= 15 is 0 Å². The van der Waals surface area contributed by atoms with Crippen molar-refractivity contribution in [3.8, 4) is 11.1 Å². The third-order valence-electron chi connectivity index (χ3n) is 3.26. The second-order valence-electron chi connectivity index (χ2n) is 4.76. The lowest BCUT2D eigenvalue weighted by molar-refractivity contribution is -0.704. The van der Waals surface area contributed by atoms with Crippen molar-refractivity contribution in [2.45, 2.75) is 19.1 Å². The van der Waals surface area contributed by atoms with Gasteiger partial charge in [-0.15, -0.1) is 0 Å². The van der Waals surface area contributed by atoms with Gasteiger partial charge in [0.1, 0.15) is 7.05 Å². The van der Waals surface area contributed by atoms with E-state index in [9.17, 15) is 14.4 Å². The molecule has 0 aliphatic carbocycles. The number of aromatic nitrogens is 2. The monoisotopic (exact) mass is 452 g/mol. The molecule has 0 aliphatic heterocycles. The van der Waals surface area contributed by atoms with Crippen LogP contribution in [0.15, 0.2) is 49.1 Å². The molecule has 0 aromatic carbocycles. The van der Waals surface area contributed by atoms with Crippen LogP contribution in [0, 0.1) is 0 Å². The van der Waals surface area contributed by atoms with Gasteiger partial charge in [-0.25, -0.2) is 4.57 Å². The minimum absolute atomic E-state index is 0. The van der Waals surface area contributed by atoms with Gasteiger partial charge < -0.3 is 43.7 Å². The number of hydrogen-bond acceptors (Lipinski definition) is 1. The third kappa shape index (κ3) is 5.25. The number of hydrogen-bond donors (Lipinski definition) is 2. The summed E-state index contributed by atoms with van der Waals surface area (Å²) < 4.78 is 15.0. The molecule has 2 aromatic heterocycles. The van der Waals surface area contributed by atoms with E-state index in [-0.39, 0.29) is 34.0 Å². The Morgan fingerprint density at radius 1 is 1.00 bits per heavy atom. The van der Waals surface area contributed by atoms with Gasteiger partial charge in [-0.05, 0) is 11.1 Å². The van der Waals surface area contributed by atoms with Crippen molar-refractivity contribution in [2.24, 2.45) is 7.05 Å². The van der Waals surface area contributed by atoms with Gasteiger partial charge in [0.15, 0.2) is 24.8 Å². The van der Waals surface area contributed by atoms with E-state index in [0.717, 1.165) is 11.1 Å². The molecule has 0 fully saturated rings. The molecule has 2 N–H and O–H groups in total. The SMILES string of the molecule is CCC([n+]1ccc(-c2cc[n+](C)cc2)cc1)P(=O)(O)O.[Br-].[Br-]. The summed E-state index contributed by atoms with van der Waals surface area (Å²) in [5, 5.41) is 0. The van der Waals surface area contributed by atoms with Gasteiger partial charge in [0.05, 0.1) is 0 Å². The van der Waals surface area contributed by atoms with E-state index in [0.29, 0.717) is 6.42 Å². The van der Waals surface area contributed by atoms with Crippen LogP contribution in [0.25, 0.3) is 11.1 Å². The second kappa shape index (κ2) is 8.89. The van der Waals surface area contributed by atoms with Gasteiger partial charge in [0, 0.05) is 30.7 Å². The van der Waals surface area contributed by atoms with Crippen LogP contribution in [0.3, 0.4) is 0 Å². The zero-order valence-electron chi connectivity index (χ0n) is 12.3. The van der Waals surface area contributed by atoms with Crippen molar-refractivity contribution in [2.75, 3.05) is 0 Å². The first-order valence-corrected chi connectivity index (χ1v) is 8.11. The fourth-order valence-electron chi connectivity index (χ4n) is 2.14. The topological polar surface area (TPSA) is 65.3 Å². The van der Waals surface area contributed by atoms with E-state index in [2.05, 4.69) is 0 Å². The van der Waals surface area contributed by atoms with Crippen LogP contribution in [0.4, 0.5) is 0 Å². The fraction of sp³-hybridized carbons (Fsp3) is 0.286. The maximum absolute atomic E-state index is 11.4. The van der Waals surface area contributed by atoms with Crippen molar-refractivity contribution in [3.05, 3.63) is 49.1 Å². The molecule has 0 saturated heterocycles. The predicted octanol–water partition coefficient (Wildman–Crippen LogP) is -4.44. The Morgan fingerprint density at radius 3 is 1.77 bits per heavy atom. The van der Waals surface area contributed by atoms with Crippen LogP contribution in [-0.2, 0) is 11.6 Å². The summed E-state index contributed by atoms with van der Waals surface area (Å²) in [6.07, 6.45) is 7.74. The summed E-state index contributed by atoms with van der Waals surface area (Å²) in [4.78, 5) is 18.7. The third-order valence-corrected chi connectivity index (χ3v) is 4.67. The van der Waals surface area contributed by atoms with Crippen molar-refractivity contribution in [1.82, 2.24) is 0 Å². The number of halogens is 2. The Kier molecular flexibility index (Phi) is 8.65. The van der Waals surface area contributed by atoms with E-state index in [1.165, 1.54) is 0 Å². The lowest BCUT2D eigenvalue weighted by Gasteiger charge is -2.11. The van der Waals surface area contributed by atoms with E-state index in [1.807, 2.05) is 48.3 Å². The lowest BCUT2D eigenvalue weighted by atomic mass is 10.1. The summed E-state index contributed by atoms with van der Waals surface area (Å²) in [6, 6.07) is 7.74. The Balaban J connectivity index is 0.00000220. The molecule has 2 rings (SSSR count). The maximum Gasteiger partial charge on any atom is 0.393 e. The highest BCUT2D eigenvalue weighted by Crippen LogP contribution is 2.47. The molecule has 0 spiro atoms. The normalized spacial score (nSPS) is 12.0. The maximum atomic E-state index is 11.4. The minimum Gasteiger partial charge on any atom is -1.00 e. The fourth-order valence-corrected chi connectivity index (χ4v) is 3.12. The molecule has 2 aromatic rings. The van der Waals surface area contributed by atoms with Gasteiger partial charge in [0.25, 0.3) is 5.78 Å². The molecule has 0 bridgehead atoms. The largest absolute Gasteiger partial charge is 1.00 e.